The number of aromatic nitrogens is 1. The van der Waals surface area contributed by atoms with Gasteiger partial charge >= 0.3 is 0 Å². The Kier molecular flexibility index (Phi) is 6.63. The molecule has 0 saturated heterocycles. The molecular weight excluding hydrogens is 210 g/mol. The topological polar surface area (TPSA) is 28.2 Å². The minimum absolute atomic E-state index is 0.989. The second-order valence-corrected chi connectivity index (χ2v) is 4.34. The zero-order chi connectivity index (χ0) is 12.5. The van der Waals surface area contributed by atoms with E-state index in [1.54, 1.807) is 0 Å². The van der Waals surface area contributed by atoms with Crippen molar-refractivity contribution in [3.05, 3.63) is 23.9 Å². The van der Waals surface area contributed by atoms with Crippen LogP contribution in [-0.4, -0.2) is 29.5 Å². The standard InChI is InChI=1S/C14H25N3/c1-4-8-15-14-11-13(7-9-16-14)12-17(6-3)10-5-2/h7,9,11H,4-6,8,10,12H2,1-3H3,(H,15,16). The van der Waals surface area contributed by atoms with Gasteiger partial charge in [-0.2, -0.15) is 0 Å². The lowest BCUT2D eigenvalue weighted by atomic mass is 10.2. The molecule has 0 saturated carbocycles. The smallest absolute Gasteiger partial charge is 0.126 e. The SMILES string of the molecule is CCCNc1cc(CN(CC)CCC)ccn1. The zero-order valence-corrected chi connectivity index (χ0v) is 11.4. The Bertz CT molecular complexity index is 312. The molecule has 0 aromatic carbocycles. The van der Waals surface area contributed by atoms with Crippen molar-refractivity contribution in [2.24, 2.45) is 0 Å². The number of hydrogen-bond acceptors (Lipinski definition) is 3. The number of anilines is 1. The molecule has 3 heteroatoms. The lowest BCUT2D eigenvalue weighted by Crippen LogP contribution is -2.23. The molecule has 1 aromatic rings. The largest absolute Gasteiger partial charge is 0.370 e. The first-order chi connectivity index (χ1) is 8.30. The van der Waals surface area contributed by atoms with E-state index in [1.165, 1.54) is 12.0 Å². The summed E-state index contributed by atoms with van der Waals surface area (Å²) in [6, 6.07) is 4.27. The van der Waals surface area contributed by atoms with Gasteiger partial charge in [-0.05, 0) is 43.6 Å². The van der Waals surface area contributed by atoms with Crippen LogP contribution in [0.4, 0.5) is 5.82 Å². The molecule has 1 N–H and O–H groups in total. The van der Waals surface area contributed by atoms with E-state index in [0.717, 1.165) is 38.4 Å². The fourth-order valence-electron chi connectivity index (χ4n) is 1.85. The third-order valence-corrected chi connectivity index (χ3v) is 2.77. The molecule has 0 amide bonds. The Labute approximate surface area is 105 Å². The third-order valence-electron chi connectivity index (χ3n) is 2.77. The molecule has 1 aromatic heterocycles. The lowest BCUT2D eigenvalue weighted by molar-refractivity contribution is 0.280. The van der Waals surface area contributed by atoms with Crippen LogP contribution in [0.25, 0.3) is 0 Å². The van der Waals surface area contributed by atoms with Gasteiger partial charge in [-0.25, -0.2) is 4.98 Å². The van der Waals surface area contributed by atoms with E-state index in [1.807, 2.05) is 6.20 Å². The van der Waals surface area contributed by atoms with E-state index in [-0.39, 0.29) is 0 Å². The van der Waals surface area contributed by atoms with Crippen molar-refractivity contribution in [1.29, 1.82) is 0 Å². The van der Waals surface area contributed by atoms with E-state index in [9.17, 15) is 0 Å². The summed E-state index contributed by atoms with van der Waals surface area (Å²) in [5.74, 6) is 0.997. The second kappa shape index (κ2) is 8.07. The van der Waals surface area contributed by atoms with E-state index >= 15 is 0 Å². The van der Waals surface area contributed by atoms with Gasteiger partial charge in [0.15, 0.2) is 0 Å². The third kappa shape index (κ3) is 5.18. The van der Waals surface area contributed by atoms with Crippen molar-refractivity contribution in [3.63, 3.8) is 0 Å². The van der Waals surface area contributed by atoms with Gasteiger partial charge in [-0.15, -0.1) is 0 Å². The Balaban J connectivity index is 2.57. The molecule has 17 heavy (non-hydrogen) atoms. The molecule has 0 atom stereocenters. The first-order valence-electron chi connectivity index (χ1n) is 6.71. The molecule has 0 bridgehead atoms. The van der Waals surface area contributed by atoms with Crippen LogP contribution in [0, 0.1) is 0 Å². The average molecular weight is 235 g/mol. The molecule has 0 fully saturated rings. The second-order valence-electron chi connectivity index (χ2n) is 4.34. The number of rotatable bonds is 8. The summed E-state index contributed by atoms with van der Waals surface area (Å²) in [7, 11) is 0. The highest BCUT2D eigenvalue weighted by Crippen LogP contribution is 2.10. The molecule has 1 rings (SSSR count). The van der Waals surface area contributed by atoms with Crippen LogP contribution in [0.1, 0.15) is 39.2 Å². The number of pyridine rings is 1. The first-order valence-corrected chi connectivity index (χ1v) is 6.71. The summed E-state index contributed by atoms with van der Waals surface area (Å²) >= 11 is 0. The zero-order valence-electron chi connectivity index (χ0n) is 11.4. The van der Waals surface area contributed by atoms with Gasteiger partial charge in [0.1, 0.15) is 5.82 Å². The molecule has 0 aliphatic heterocycles. The minimum Gasteiger partial charge on any atom is -0.370 e. The maximum atomic E-state index is 4.33. The van der Waals surface area contributed by atoms with Crippen molar-refractivity contribution in [2.75, 3.05) is 25.0 Å². The first kappa shape index (κ1) is 14.0. The van der Waals surface area contributed by atoms with Gasteiger partial charge < -0.3 is 5.32 Å². The molecule has 0 unspecified atom stereocenters. The molecule has 0 radical (unpaired) electrons. The van der Waals surface area contributed by atoms with Gasteiger partial charge in [0.05, 0.1) is 0 Å². The van der Waals surface area contributed by atoms with Gasteiger partial charge in [-0.1, -0.05) is 20.8 Å². The normalized spacial score (nSPS) is 10.8. The summed E-state index contributed by atoms with van der Waals surface area (Å²) in [5, 5.41) is 3.33. The summed E-state index contributed by atoms with van der Waals surface area (Å²) in [4.78, 5) is 6.78. The van der Waals surface area contributed by atoms with E-state index in [0.29, 0.717) is 0 Å². The molecule has 0 aliphatic carbocycles. The highest BCUT2D eigenvalue weighted by molar-refractivity contribution is 5.37. The molecule has 3 nitrogen and oxygen atoms in total. The number of nitrogens with one attached hydrogen (secondary N) is 1. The van der Waals surface area contributed by atoms with Crippen LogP contribution >= 0.6 is 0 Å². The van der Waals surface area contributed by atoms with Crippen LogP contribution < -0.4 is 5.32 Å². The van der Waals surface area contributed by atoms with Crippen molar-refractivity contribution in [3.8, 4) is 0 Å². The Morgan fingerprint density at radius 2 is 2.06 bits per heavy atom. The number of hydrogen-bond donors (Lipinski definition) is 1. The highest BCUT2D eigenvalue weighted by Gasteiger charge is 2.03. The van der Waals surface area contributed by atoms with E-state index in [4.69, 9.17) is 0 Å². The summed E-state index contributed by atoms with van der Waals surface area (Å²) < 4.78 is 0. The summed E-state index contributed by atoms with van der Waals surface area (Å²) in [5.41, 5.74) is 1.34. The van der Waals surface area contributed by atoms with Crippen LogP contribution in [0.5, 0.6) is 0 Å². The van der Waals surface area contributed by atoms with E-state index < -0.39 is 0 Å². The average Bonchev–Trinajstić information content (AvgIpc) is 2.36. The Morgan fingerprint density at radius 3 is 2.71 bits per heavy atom. The van der Waals surface area contributed by atoms with Crippen molar-refractivity contribution >= 4 is 5.82 Å². The predicted octanol–water partition coefficient (Wildman–Crippen LogP) is 3.14. The maximum absolute atomic E-state index is 4.33. The Morgan fingerprint density at radius 1 is 1.24 bits per heavy atom. The van der Waals surface area contributed by atoms with E-state index in [2.05, 4.69) is 48.1 Å². The Hall–Kier alpha value is -1.09. The molecule has 0 aliphatic rings. The van der Waals surface area contributed by atoms with Gasteiger partial charge in [-0.3, -0.25) is 4.90 Å². The highest BCUT2D eigenvalue weighted by atomic mass is 15.1. The fraction of sp³-hybridized carbons (Fsp3) is 0.643. The van der Waals surface area contributed by atoms with Crippen LogP contribution in [0.15, 0.2) is 18.3 Å². The predicted molar refractivity (Wildman–Crippen MR) is 74.3 cm³/mol. The van der Waals surface area contributed by atoms with Crippen LogP contribution in [0.2, 0.25) is 0 Å². The molecule has 0 spiro atoms. The fourth-order valence-corrected chi connectivity index (χ4v) is 1.85. The van der Waals surface area contributed by atoms with Gasteiger partial charge in [0.2, 0.25) is 0 Å². The van der Waals surface area contributed by atoms with Crippen molar-refractivity contribution < 1.29 is 0 Å². The maximum Gasteiger partial charge on any atom is 0.126 e. The quantitative estimate of drug-likeness (QED) is 0.750. The number of nitrogens with zero attached hydrogens (tertiary/aromatic N) is 2. The summed E-state index contributed by atoms with van der Waals surface area (Å²) in [6.45, 7) is 10.9. The minimum atomic E-state index is 0.989. The van der Waals surface area contributed by atoms with Crippen molar-refractivity contribution in [2.45, 2.75) is 40.2 Å². The van der Waals surface area contributed by atoms with Crippen LogP contribution in [0.3, 0.4) is 0 Å². The molecule has 1 heterocycles. The van der Waals surface area contributed by atoms with Gasteiger partial charge in [0, 0.05) is 19.3 Å². The van der Waals surface area contributed by atoms with Gasteiger partial charge in [0.25, 0.3) is 0 Å². The lowest BCUT2D eigenvalue weighted by Gasteiger charge is -2.19. The molecular formula is C14H25N3. The van der Waals surface area contributed by atoms with Crippen LogP contribution in [-0.2, 0) is 6.54 Å². The monoisotopic (exact) mass is 235 g/mol. The summed E-state index contributed by atoms with van der Waals surface area (Å²) in [6.07, 6.45) is 4.23. The molecule has 96 valence electrons. The van der Waals surface area contributed by atoms with Crippen molar-refractivity contribution in [1.82, 2.24) is 9.88 Å².